The molecule has 0 aliphatic carbocycles. The maximum atomic E-state index is 12.7. The zero-order chi connectivity index (χ0) is 13.0. The summed E-state index contributed by atoms with van der Waals surface area (Å²) in [5, 5.41) is 0. The van der Waals surface area contributed by atoms with Gasteiger partial charge in [-0.15, -0.1) is 0 Å². The van der Waals surface area contributed by atoms with Crippen LogP contribution >= 0.6 is 0 Å². The van der Waals surface area contributed by atoms with Crippen LogP contribution in [0.2, 0.25) is 0 Å². The SMILES string of the molecule is CCC(=O)c1cccc(Oc2ccc(F)cc2)c1. The molecule has 0 saturated carbocycles. The van der Waals surface area contributed by atoms with Crippen molar-refractivity contribution in [2.45, 2.75) is 13.3 Å². The third kappa shape index (κ3) is 2.94. The molecule has 0 radical (unpaired) electrons. The van der Waals surface area contributed by atoms with Crippen LogP contribution in [-0.4, -0.2) is 5.78 Å². The largest absolute Gasteiger partial charge is 0.457 e. The van der Waals surface area contributed by atoms with E-state index in [9.17, 15) is 9.18 Å². The van der Waals surface area contributed by atoms with E-state index in [0.717, 1.165) is 0 Å². The van der Waals surface area contributed by atoms with Crippen LogP contribution in [0.1, 0.15) is 23.7 Å². The third-order valence-corrected chi connectivity index (χ3v) is 2.53. The summed E-state index contributed by atoms with van der Waals surface area (Å²) in [5.41, 5.74) is 0.622. The number of ketones is 1. The fourth-order valence-electron chi connectivity index (χ4n) is 1.58. The van der Waals surface area contributed by atoms with Gasteiger partial charge in [-0.05, 0) is 36.4 Å². The highest BCUT2D eigenvalue weighted by atomic mass is 19.1. The molecule has 0 atom stereocenters. The molecule has 0 unspecified atom stereocenters. The van der Waals surface area contributed by atoms with Gasteiger partial charge in [0.1, 0.15) is 17.3 Å². The van der Waals surface area contributed by atoms with Gasteiger partial charge in [0.2, 0.25) is 0 Å². The van der Waals surface area contributed by atoms with Crippen LogP contribution < -0.4 is 4.74 Å². The minimum absolute atomic E-state index is 0.0690. The Labute approximate surface area is 105 Å². The molecule has 2 rings (SSSR count). The van der Waals surface area contributed by atoms with Gasteiger partial charge in [0, 0.05) is 12.0 Å². The van der Waals surface area contributed by atoms with Crippen LogP contribution in [0.5, 0.6) is 11.5 Å². The summed E-state index contributed by atoms with van der Waals surface area (Å²) in [6.45, 7) is 1.82. The first-order valence-electron chi connectivity index (χ1n) is 5.75. The van der Waals surface area contributed by atoms with Gasteiger partial charge < -0.3 is 4.74 Å². The lowest BCUT2D eigenvalue weighted by atomic mass is 10.1. The van der Waals surface area contributed by atoms with Crippen molar-refractivity contribution in [2.75, 3.05) is 0 Å². The summed E-state index contributed by atoms with van der Waals surface area (Å²) in [5.74, 6) is 0.871. The number of Topliss-reactive ketones (excluding diaryl/α,β-unsaturated/α-hetero) is 1. The van der Waals surface area contributed by atoms with E-state index in [1.54, 1.807) is 36.4 Å². The minimum Gasteiger partial charge on any atom is -0.457 e. The highest BCUT2D eigenvalue weighted by molar-refractivity contribution is 5.96. The molecule has 0 spiro atoms. The average molecular weight is 244 g/mol. The maximum absolute atomic E-state index is 12.7. The van der Waals surface area contributed by atoms with Crippen molar-refractivity contribution in [1.29, 1.82) is 0 Å². The Morgan fingerprint density at radius 3 is 2.50 bits per heavy atom. The first-order chi connectivity index (χ1) is 8.69. The zero-order valence-electron chi connectivity index (χ0n) is 10.0. The minimum atomic E-state index is -0.308. The molecular weight excluding hydrogens is 231 g/mol. The van der Waals surface area contributed by atoms with E-state index in [-0.39, 0.29) is 11.6 Å². The summed E-state index contributed by atoms with van der Waals surface area (Å²) in [4.78, 5) is 11.6. The molecule has 0 aliphatic heterocycles. The van der Waals surface area contributed by atoms with Crippen molar-refractivity contribution in [3.8, 4) is 11.5 Å². The first-order valence-corrected chi connectivity index (χ1v) is 5.75. The predicted molar refractivity (Wildman–Crippen MR) is 67.5 cm³/mol. The van der Waals surface area contributed by atoms with Gasteiger partial charge >= 0.3 is 0 Å². The summed E-state index contributed by atoms with van der Waals surface area (Å²) in [7, 11) is 0. The number of rotatable bonds is 4. The van der Waals surface area contributed by atoms with Gasteiger partial charge in [0.05, 0.1) is 0 Å². The highest BCUT2D eigenvalue weighted by Crippen LogP contribution is 2.22. The van der Waals surface area contributed by atoms with Crippen molar-refractivity contribution in [1.82, 2.24) is 0 Å². The average Bonchev–Trinajstić information content (AvgIpc) is 2.41. The van der Waals surface area contributed by atoms with Crippen LogP contribution in [0.25, 0.3) is 0 Å². The summed E-state index contributed by atoms with van der Waals surface area (Å²) < 4.78 is 18.3. The van der Waals surface area contributed by atoms with Crippen molar-refractivity contribution in [2.24, 2.45) is 0 Å². The third-order valence-electron chi connectivity index (χ3n) is 2.53. The van der Waals surface area contributed by atoms with Crippen molar-refractivity contribution >= 4 is 5.78 Å². The molecule has 2 aromatic rings. The number of hydrogen-bond donors (Lipinski definition) is 0. The van der Waals surface area contributed by atoms with E-state index in [0.29, 0.717) is 23.5 Å². The first kappa shape index (κ1) is 12.3. The molecule has 0 amide bonds. The van der Waals surface area contributed by atoms with Gasteiger partial charge in [-0.25, -0.2) is 4.39 Å². The van der Waals surface area contributed by atoms with Crippen LogP contribution in [0, 0.1) is 5.82 Å². The Morgan fingerprint density at radius 2 is 1.83 bits per heavy atom. The molecule has 2 nitrogen and oxygen atoms in total. The smallest absolute Gasteiger partial charge is 0.162 e. The second kappa shape index (κ2) is 5.45. The van der Waals surface area contributed by atoms with Crippen LogP contribution in [-0.2, 0) is 0 Å². The van der Waals surface area contributed by atoms with E-state index in [4.69, 9.17) is 4.74 Å². The molecule has 18 heavy (non-hydrogen) atoms. The Kier molecular flexibility index (Phi) is 3.72. The Bertz CT molecular complexity index is 547. The van der Waals surface area contributed by atoms with Crippen LogP contribution in [0.4, 0.5) is 4.39 Å². The van der Waals surface area contributed by atoms with E-state index in [2.05, 4.69) is 0 Å². The molecule has 0 aromatic heterocycles. The number of benzene rings is 2. The quantitative estimate of drug-likeness (QED) is 0.753. The van der Waals surface area contributed by atoms with Crippen LogP contribution in [0.15, 0.2) is 48.5 Å². The molecule has 0 N–H and O–H groups in total. The van der Waals surface area contributed by atoms with E-state index < -0.39 is 0 Å². The molecule has 0 aliphatic rings. The molecule has 92 valence electrons. The number of carbonyl (C=O) groups excluding carboxylic acids is 1. The van der Waals surface area contributed by atoms with E-state index in [1.165, 1.54) is 12.1 Å². The zero-order valence-corrected chi connectivity index (χ0v) is 10.0. The summed E-state index contributed by atoms with van der Waals surface area (Å²) in [6, 6.07) is 12.7. The lowest BCUT2D eigenvalue weighted by Gasteiger charge is -2.06. The number of hydrogen-bond acceptors (Lipinski definition) is 2. The van der Waals surface area contributed by atoms with Crippen LogP contribution in [0.3, 0.4) is 0 Å². The maximum Gasteiger partial charge on any atom is 0.162 e. The second-order valence-electron chi connectivity index (χ2n) is 3.86. The predicted octanol–water partition coefficient (Wildman–Crippen LogP) is 4.21. The van der Waals surface area contributed by atoms with Gasteiger partial charge in [-0.2, -0.15) is 0 Å². The van der Waals surface area contributed by atoms with E-state index in [1.807, 2.05) is 6.92 Å². The number of ether oxygens (including phenoxy) is 1. The molecule has 3 heteroatoms. The fraction of sp³-hybridized carbons (Fsp3) is 0.133. The molecule has 0 bridgehead atoms. The molecule has 0 heterocycles. The van der Waals surface area contributed by atoms with Gasteiger partial charge in [-0.3, -0.25) is 4.79 Å². The Balaban J connectivity index is 2.19. The number of halogens is 1. The lowest BCUT2D eigenvalue weighted by molar-refractivity contribution is 0.0988. The summed E-state index contributed by atoms with van der Waals surface area (Å²) in [6.07, 6.45) is 0.458. The van der Waals surface area contributed by atoms with Crippen molar-refractivity contribution < 1.29 is 13.9 Å². The number of carbonyl (C=O) groups is 1. The molecule has 2 aromatic carbocycles. The Morgan fingerprint density at radius 1 is 1.11 bits per heavy atom. The second-order valence-corrected chi connectivity index (χ2v) is 3.86. The molecular formula is C15H13FO2. The van der Waals surface area contributed by atoms with E-state index >= 15 is 0 Å². The van der Waals surface area contributed by atoms with Gasteiger partial charge in [-0.1, -0.05) is 19.1 Å². The molecule has 0 saturated heterocycles. The topological polar surface area (TPSA) is 26.3 Å². The van der Waals surface area contributed by atoms with Crippen molar-refractivity contribution in [3.63, 3.8) is 0 Å². The highest BCUT2D eigenvalue weighted by Gasteiger charge is 2.05. The van der Waals surface area contributed by atoms with Gasteiger partial charge in [0.15, 0.2) is 5.78 Å². The fourth-order valence-corrected chi connectivity index (χ4v) is 1.58. The lowest BCUT2D eigenvalue weighted by Crippen LogP contribution is -1.96. The Hall–Kier alpha value is -2.16. The van der Waals surface area contributed by atoms with Gasteiger partial charge in [0.25, 0.3) is 0 Å². The van der Waals surface area contributed by atoms with Crippen molar-refractivity contribution in [3.05, 3.63) is 59.9 Å². The normalized spacial score (nSPS) is 10.1. The standard InChI is InChI=1S/C15H13FO2/c1-2-15(17)11-4-3-5-14(10-11)18-13-8-6-12(16)7-9-13/h3-10H,2H2,1H3. The molecule has 0 fully saturated rings. The monoisotopic (exact) mass is 244 g/mol. The summed E-state index contributed by atoms with van der Waals surface area (Å²) >= 11 is 0.